The number of aryl methyl sites for hydroxylation is 2. The molecule has 7 nitrogen and oxygen atoms in total. The lowest BCUT2D eigenvalue weighted by atomic mass is 9.87. The van der Waals surface area contributed by atoms with Crippen molar-refractivity contribution in [1.82, 2.24) is 15.1 Å². The molecule has 4 aromatic rings. The maximum Gasteiger partial charge on any atom is 0.435 e. The quantitative estimate of drug-likeness (QED) is 0.240. The number of nitrogens with one attached hydrogen (secondary N) is 1. The Morgan fingerprint density at radius 3 is 2.24 bits per heavy atom. The van der Waals surface area contributed by atoms with E-state index in [-0.39, 0.29) is 39.3 Å². The highest BCUT2D eigenvalue weighted by molar-refractivity contribution is 6.34. The lowest BCUT2D eigenvalue weighted by Crippen LogP contribution is -2.42. The van der Waals surface area contributed by atoms with Crippen molar-refractivity contribution in [3.8, 4) is 11.5 Å². The van der Waals surface area contributed by atoms with E-state index < -0.39 is 24.1 Å². The lowest BCUT2D eigenvalue weighted by Gasteiger charge is -2.29. The van der Waals surface area contributed by atoms with Crippen LogP contribution in [-0.4, -0.2) is 27.6 Å². The van der Waals surface area contributed by atoms with Crippen molar-refractivity contribution in [3.63, 3.8) is 0 Å². The molecule has 0 saturated carbocycles. The fourth-order valence-corrected chi connectivity index (χ4v) is 4.87. The number of amides is 1. The van der Waals surface area contributed by atoms with Crippen molar-refractivity contribution < 1.29 is 27.5 Å². The zero-order chi connectivity index (χ0) is 29.4. The topological polar surface area (TPSA) is 77.7 Å². The van der Waals surface area contributed by atoms with E-state index in [2.05, 4.69) is 15.6 Å². The van der Waals surface area contributed by atoms with Gasteiger partial charge in [0.25, 0.3) is 11.5 Å². The van der Waals surface area contributed by atoms with Gasteiger partial charge in [-0.15, -0.1) is 0 Å². The number of ether oxygens (including phenoxy) is 1. The van der Waals surface area contributed by atoms with E-state index in [1.807, 2.05) is 43.3 Å². The number of hydrogen-bond acceptors (Lipinski definition) is 5. The third kappa shape index (κ3) is 6.03. The summed E-state index contributed by atoms with van der Waals surface area (Å²) in [6, 6.07) is 19.9. The Morgan fingerprint density at radius 2 is 1.63 bits per heavy atom. The molecule has 3 aromatic carbocycles. The van der Waals surface area contributed by atoms with E-state index in [0.717, 1.165) is 23.3 Å². The number of halogens is 5. The molecule has 0 saturated heterocycles. The molecule has 1 aliphatic heterocycles. The van der Waals surface area contributed by atoms with Crippen LogP contribution in [-0.2, 0) is 24.0 Å². The van der Waals surface area contributed by atoms with Crippen LogP contribution in [0.3, 0.4) is 0 Å². The summed E-state index contributed by atoms with van der Waals surface area (Å²) in [4.78, 5) is 17.9. The van der Waals surface area contributed by atoms with Gasteiger partial charge in [0, 0.05) is 29.2 Å². The number of benzene rings is 3. The average molecular weight is 603 g/mol. The standard InChI is InChI=1S/C29H23Cl2F3N4O3/c1-17-3-7-22(8-4-17)40-23-9-5-18(6-10-23)16-35-27(39)26-14-24(36-38(26)2)25-15-28(41-37-25,29(32,33)34)19-11-20(30)13-21(31)12-19/h3-14H,15-16H2,1-2H3,(H,35,39). The molecular weight excluding hydrogens is 580 g/mol. The van der Waals surface area contributed by atoms with Crippen LogP contribution in [0.15, 0.2) is 78.0 Å². The van der Waals surface area contributed by atoms with E-state index in [1.54, 1.807) is 12.1 Å². The van der Waals surface area contributed by atoms with Crippen molar-refractivity contribution in [2.24, 2.45) is 12.2 Å². The van der Waals surface area contributed by atoms with Crippen molar-refractivity contribution >= 4 is 34.8 Å². The number of oxime groups is 1. The molecule has 1 N–H and O–H groups in total. The van der Waals surface area contributed by atoms with Gasteiger partial charge < -0.3 is 14.9 Å². The number of carbonyl (C=O) groups is 1. The van der Waals surface area contributed by atoms with E-state index in [4.69, 9.17) is 32.8 Å². The summed E-state index contributed by atoms with van der Waals surface area (Å²) >= 11 is 11.9. The first-order valence-electron chi connectivity index (χ1n) is 12.4. The third-order valence-electron chi connectivity index (χ3n) is 6.56. The van der Waals surface area contributed by atoms with Crippen LogP contribution < -0.4 is 10.1 Å². The lowest BCUT2D eigenvalue weighted by molar-refractivity contribution is -0.275. The molecule has 41 heavy (non-hydrogen) atoms. The predicted octanol–water partition coefficient (Wildman–Crippen LogP) is 7.34. The van der Waals surface area contributed by atoms with E-state index in [9.17, 15) is 18.0 Å². The number of alkyl halides is 3. The van der Waals surface area contributed by atoms with Crippen LogP contribution in [0, 0.1) is 6.92 Å². The first-order valence-corrected chi connectivity index (χ1v) is 13.1. The maximum atomic E-state index is 14.3. The number of rotatable bonds is 7. The van der Waals surface area contributed by atoms with Crippen LogP contribution in [0.25, 0.3) is 0 Å². The second kappa shape index (κ2) is 11.1. The number of carbonyl (C=O) groups excluding carboxylic acids is 1. The van der Waals surface area contributed by atoms with E-state index in [1.165, 1.54) is 23.9 Å². The molecule has 1 aromatic heterocycles. The summed E-state index contributed by atoms with van der Waals surface area (Å²) in [6.07, 6.45) is -5.52. The zero-order valence-corrected chi connectivity index (χ0v) is 23.3. The normalized spacial score (nSPS) is 16.7. The Labute approximate surface area is 243 Å². The molecule has 1 atom stereocenters. The first-order chi connectivity index (χ1) is 19.4. The molecule has 12 heteroatoms. The van der Waals surface area contributed by atoms with Crippen molar-refractivity contribution in [3.05, 3.63) is 111 Å². The minimum absolute atomic E-state index is 0.0263. The van der Waals surface area contributed by atoms with Gasteiger partial charge in [-0.3, -0.25) is 9.48 Å². The van der Waals surface area contributed by atoms with Gasteiger partial charge in [-0.25, -0.2) is 0 Å². The second-order valence-electron chi connectivity index (χ2n) is 9.57. The molecule has 1 amide bonds. The first kappa shape index (κ1) is 28.5. The van der Waals surface area contributed by atoms with Crippen LogP contribution in [0.5, 0.6) is 11.5 Å². The molecule has 1 unspecified atom stereocenters. The summed E-state index contributed by atoms with van der Waals surface area (Å²) in [5.74, 6) is 0.897. The summed E-state index contributed by atoms with van der Waals surface area (Å²) < 4.78 is 50.0. The van der Waals surface area contributed by atoms with Crippen molar-refractivity contribution in [2.75, 3.05) is 0 Å². The second-order valence-corrected chi connectivity index (χ2v) is 10.4. The largest absolute Gasteiger partial charge is 0.457 e. The van der Waals surface area contributed by atoms with Gasteiger partial charge in [0.05, 0.1) is 6.42 Å². The molecule has 5 rings (SSSR count). The highest BCUT2D eigenvalue weighted by Crippen LogP contribution is 2.49. The van der Waals surface area contributed by atoms with Crippen LogP contribution in [0.2, 0.25) is 10.0 Å². The Morgan fingerprint density at radius 1 is 1.02 bits per heavy atom. The van der Waals surface area contributed by atoms with Gasteiger partial charge in [-0.2, -0.15) is 18.3 Å². The number of aromatic nitrogens is 2. The minimum atomic E-state index is -4.85. The molecule has 0 radical (unpaired) electrons. The van der Waals surface area contributed by atoms with E-state index >= 15 is 0 Å². The SMILES string of the molecule is Cc1ccc(Oc2ccc(CNC(=O)c3cc(C4=NOC(c5cc(Cl)cc(Cl)c5)(C(F)(F)F)C4)nn3C)cc2)cc1. The molecule has 1 aliphatic rings. The molecule has 0 spiro atoms. The molecular formula is C29H23Cl2F3N4O3. The van der Waals surface area contributed by atoms with Gasteiger partial charge in [-0.1, -0.05) is 58.2 Å². The highest BCUT2D eigenvalue weighted by Gasteiger charge is 2.62. The molecule has 0 bridgehead atoms. The fraction of sp³-hybridized carbons (Fsp3) is 0.207. The molecule has 0 fully saturated rings. The minimum Gasteiger partial charge on any atom is -0.457 e. The Kier molecular flexibility index (Phi) is 7.72. The fourth-order valence-electron chi connectivity index (χ4n) is 4.34. The molecule has 212 valence electrons. The third-order valence-corrected chi connectivity index (χ3v) is 6.99. The summed E-state index contributed by atoms with van der Waals surface area (Å²) in [7, 11) is 1.51. The predicted molar refractivity (Wildman–Crippen MR) is 149 cm³/mol. The smallest absolute Gasteiger partial charge is 0.435 e. The summed E-state index contributed by atoms with van der Waals surface area (Å²) in [5, 5.41) is 10.8. The van der Waals surface area contributed by atoms with Gasteiger partial charge in [0.1, 0.15) is 28.6 Å². The van der Waals surface area contributed by atoms with Gasteiger partial charge >= 0.3 is 6.18 Å². The van der Waals surface area contributed by atoms with E-state index in [0.29, 0.717) is 11.5 Å². The van der Waals surface area contributed by atoms with Crippen LogP contribution in [0.4, 0.5) is 13.2 Å². The van der Waals surface area contributed by atoms with Gasteiger partial charge in [-0.05, 0) is 61.0 Å². The van der Waals surface area contributed by atoms with Crippen LogP contribution >= 0.6 is 23.2 Å². The highest BCUT2D eigenvalue weighted by atomic mass is 35.5. The van der Waals surface area contributed by atoms with Crippen LogP contribution in [0.1, 0.15) is 39.3 Å². The van der Waals surface area contributed by atoms with Crippen molar-refractivity contribution in [2.45, 2.75) is 31.7 Å². The summed E-state index contributed by atoms with van der Waals surface area (Å²) in [5.41, 5.74) is -0.993. The number of hydrogen-bond donors (Lipinski definition) is 1. The zero-order valence-electron chi connectivity index (χ0n) is 21.8. The Balaban J connectivity index is 1.26. The molecule has 2 heterocycles. The maximum absolute atomic E-state index is 14.3. The Hall–Kier alpha value is -4.02. The van der Waals surface area contributed by atoms with Gasteiger partial charge in [0.2, 0.25) is 0 Å². The van der Waals surface area contributed by atoms with Crippen molar-refractivity contribution in [1.29, 1.82) is 0 Å². The number of nitrogens with zero attached hydrogens (tertiary/aromatic N) is 3. The monoisotopic (exact) mass is 602 g/mol. The summed E-state index contributed by atoms with van der Waals surface area (Å²) in [6.45, 7) is 2.20. The Bertz CT molecular complexity index is 1600. The van der Waals surface area contributed by atoms with Gasteiger partial charge in [0.15, 0.2) is 0 Å². The molecule has 0 aliphatic carbocycles. The average Bonchev–Trinajstić information content (AvgIpc) is 3.54.